The molecular weight excluding hydrogens is 267 g/mol. The number of nitrogen functional groups attached to an aromatic ring is 1. The second-order valence-corrected chi connectivity index (χ2v) is 5.84. The van der Waals surface area contributed by atoms with Gasteiger partial charge in [-0.25, -0.2) is 12.8 Å². The fraction of sp³-hybridized carbons (Fsp3) is 0.0769. The Hall–Kier alpha value is -2.08. The predicted molar refractivity (Wildman–Crippen MR) is 72.8 cm³/mol. The summed E-state index contributed by atoms with van der Waals surface area (Å²) in [4.78, 5) is 0.149. The molecular formula is C13H13FN2O2S. The molecule has 0 aliphatic heterocycles. The van der Waals surface area contributed by atoms with Crippen molar-refractivity contribution in [2.75, 3.05) is 10.5 Å². The van der Waals surface area contributed by atoms with Gasteiger partial charge in [-0.15, -0.1) is 0 Å². The SMILES string of the molecule is Cc1cccc(S(=O)(=O)Nc2ccc(F)c(N)c2)c1. The third kappa shape index (κ3) is 3.03. The van der Waals surface area contributed by atoms with Gasteiger partial charge in [-0.05, 0) is 42.8 Å². The highest BCUT2D eigenvalue weighted by molar-refractivity contribution is 7.92. The summed E-state index contributed by atoms with van der Waals surface area (Å²) < 4.78 is 39.6. The molecule has 4 nitrogen and oxygen atoms in total. The number of aryl methyl sites for hydroxylation is 1. The molecule has 0 aromatic heterocycles. The van der Waals surface area contributed by atoms with E-state index in [0.717, 1.165) is 11.6 Å². The first-order valence-corrected chi connectivity index (χ1v) is 7.01. The van der Waals surface area contributed by atoms with E-state index < -0.39 is 15.8 Å². The van der Waals surface area contributed by atoms with Gasteiger partial charge in [-0.3, -0.25) is 4.72 Å². The molecule has 0 spiro atoms. The number of nitrogens with one attached hydrogen (secondary N) is 1. The highest BCUT2D eigenvalue weighted by atomic mass is 32.2. The monoisotopic (exact) mass is 280 g/mol. The lowest BCUT2D eigenvalue weighted by Gasteiger charge is -2.09. The number of sulfonamides is 1. The van der Waals surface area contributed by atoms with E-state index in [0.29, 0.717) is 0 Å². The van der Waals surface area contributed by atoms with Crippen LogP contribution in [0.2, 0.25) is 0 Å². The molecule has 2 aromatic rings. The molecule has 0 radical (unpaired) electrons. The van der Waals surface area contributed by atoms with Gasteiger partial charge in [0.2, 0.25) is 0 Å². The van der Waals surface area contributed by atoms with E-state index in [1.54, 1.807) is 25.1 Å². The maximum Gasteiger partial charge on any atom is 0.261 e. The third-order valence-corrected chi connectivity index (χ3v) is 3.93. The van der Waals surface area contributed by atoms with Crippen LogP contribution in [0.3, 0.4) is 0 Å². The molecule has 19 heavy (non-hydrogen) atoms. The quantitative estimate of drug-likeness (QED) is 0.848. The van der Waals surface area contributed by atoms with Crippen LogP contribution in [0.15, 0.2) is 47.4 Å². The summed E-state index contributed by atoms with van der Waals surface area (Å²) in [5.74, 6) is -0.585. The number of hydrogen-bond donors (Lipinski definition) is 2. The zero-order chi connectivity index (χ0) is 14.0. The van der Waals surface area contributed by atoms with Gasteiger partial charge in [0.15, 0.2) is 0 Å². The Morgan fingerprint density at radius 2 is 1.89 bits per heavy atom. The average Bonchev–Trinajstić information content (AvgIpc) is 2.33. The van der Waals surface area contributed by atoms with E-state index in [1.807, 2.05) is 0 Å². The molecule has 0 heterocycles. The van der Waals surface area contributed by atoms with Crippen LogP contribution in [0.4, 0.5) is 15.8 Å². The maximum atomic E-state index is 13.0. The van der Waals surface area contributed by atoms with Gasteiger partial charge in [0, 0.05) is 0 Å². The average molecular weight is 280 g/mol. The summed E-state index contributed by atoms with van der Waals surface area (Å²) >= 11 is 0. The molecule has 0 atom stereocenters. The van der Waals surface area contributed by atoms with Gasteiger partial charge < -0.3 is 5.73 Å². The predicted octanol–water partition coefficient (Wildman–Crippen LogP) is 2.52. The summed E-state index contributed by atoms with van der Waals surface area (Å²) in [6.07, 6.45) is 0. The molecule has 0 bridgehead atoms. The van der Waals surface area contributed by atoms with Crippen LogP contribution in [0.1, 0.15) is 5.56 Å². The van der Waals surface area contributed by atoms with Crippen molar-refractivity contribution in [1.82, 2.24) is 0 Å². The number of nitrogens with two attached hydrogens (primary N) is 1. The summed E-state index contributed by atoms with van der Waals surface area (Å²) in [6, 6.07) is 10.2. The molecule has 2 rings (SSSR count). The Morgan fingerprint density at radius 1 is 1.16 bits per heavy atom. The molecule has 0 aliphatic rings. The molecule has 0 amide bonds. The number of anilines is 2. The van der Waals surface area contributed by atoms with Gasteiger partial charge in [-0.2, -0.15) is 0 Å². The Balaban J connectivity index is 2.33. The Bertz CT molecular complexity index is 714. The van der Waals surface area contributed by atoms with Gasteiger partial charge in [-0.1, -0.05) is 12.1 Å². The molecule has 0 saturated carbocycles. The van der Waals surface area contributed by atoms with Crippen LogP contribution in [0, 0.1) is 12.7 Å². The fourth-order valence-corrected chi connectivity index (χ4v) is 2.76. The van der Waals surface area contributed by atoms with E-state index in [9.17, 15) is 12.8 Å². The van der Waals surface area contributed by atoms with E-state index in [-0.39, 0.29) is 16.3 Å². The van der Waals surface area contributed by atoms with Crippen molar-refractivity contribution >= 4 is 21.4 Å². The van der Waals surface area contributed by atoms with Crippen LogP contribution in [-0.2, 0) is 10.0 Å². The van der Waals surface area contributed by atoms with Crippen LogP contribution in [0.25, 0.3) is 0 Å². The normalized spacial score (nSPS) is 11.3. The van der Waals surface area contributed by atoms with Crippen LogP contribution >= 0.6 is 0 Å². The summed E-state index contributed by atoms with van der Waals surface area (Å²) in [7, 11) is -3.69. The van der Waals surface area contributed by atoms with E-state index in [1.165, 1.54) is 18.2 Å². The van der Waals surface area contributed by atoms with Crippen LogP contribution < -0.4 is 10.5 Å². The number of halogens is 1. The minimum atomic E-state index is -3.69. The lowest BCUT2D eigenvalue weighted by atomic mass is 10.2. The first-order chi connectivity index (χ1) is 8.88. The van der Waals surface area contributed by atoms with Crippen LogP contribution in [-0.4, -0.2) is 8.42 Å². The highest BCUT2D eigenvalue weighted by Gasteiger charge is 2.14. The first-order valence-electron chi connectivity index (χ1n) is 5.53. The van der Waals surface area contributed by atoms with Crippen molar-refractivity contribution in [3.05, 3.63) is 53.8 Å². The smallest absolute Gasteiger partial charge is 0.261 e. The van der Waals surface area contributed by atoms with E-state index in [2.05, 4.69) is 4.72 Å². The summed E-state index contributed by atoms with van der Waals surface area (Å²) in [6.45, 7) is 1.80. The highest BCUT2D eigenvalue weighted by Crippen LogP contribution is 2.20. The largest absolute Gasteiger partial charge is 0.396 e. The molecule has 6 heteroatoms. The second kappa shape index (κ2) is 4.89. The lowest BCUT2D eigenvalue weighted by Crippen LogP contribution is -2.13. The van der Waals surface area contributed by atoms with E-state index >= 15 is 0 Å². The minimum Gasteiger partial charge on any atom is -0.396 e. The standard InChI is InChI=1S/C13H13FN2O2S/c1-9-3-2-4-11(7-9)19(17,18)16-10-5-6-12(14)13(15)8-10/h2-8,16H,15H2,1H3. The minimum absolute atomic E-state index is 0.107. The molecule has 2 aromatic carbocycles. The third-order valence-electron chi connectivity index (χ3n) is 2.55. The van der Waals surface area contributed by atoms with Crippen LogP contribution in [0.5, 0.6) is 0 Å². The molecule has 0 aliphatic carbocycles. The maximum absolute atomic E-state index is 13.0. The topological polar surface area (TPSA) is 72.2 Å². The zero-order valence-electron chi connectivity index (χ0n) is 10.2. The van der Waals surface area contributed by atoms with Gasteiger partial charge in [0.25, 0.3) is 10.0 Å². The van der Waals surface area contributed by atoms with E-state index in [4.69, 9.17) is 5.73 Å². The van der Waals surface area contributed by atoms with Crippen molar-refractivity contribution < 1.29 is 12.8 Å². The molecule has 3 N–H and O–H groups in total. The van der Waals surface area contributed by atoms with Gasteiger partial charge in [0.1, 0.15) is 5.82 Å². The molecule has 0 fully saturated rings. The molecule has 100 valence electrons. The second-order valence-electron chi connectivity index (χ2n) is 4.16. The number of benzene rings is 2. The van der Waals surface area contributed by atoms with Gasteiger partial charge in [0.05, 0.1) is 16.3 Å². The fourth-order valence-electron chi connectivity index (χ4n) is 1.60. The Kier molecular flexibility index (Phi) is 3.44. The molecule has 0 unspecified atom stereocenters. The Labute approximate surface area is 111 Å². The van der Waals surface area contributed by atoms with Crippen molar-refractivity contribution in [2.45, 2.75) is 11.8 Å². The lowest BCUT2D eigenvalue weighted by molar-refractivity contribution is 0.601. The van der Waals surface area contributed by atoms with Crippen molar-refractivity contribution in [3.8, 4) is 0 Å². The number of rotatable bonds is 3. The Morgan fingerprint density at radius 3 is 2.53 bits per heavy atom. The van der Waals surface area contributed by atoms with Crippen molar-refractivity contribution in [1.29, 1.82) is 0 Å². The number of hydrogen-bond acceptors (Lipinski definition) is 3. The summed E-state index contributed by atoms with van der Waals surface area (Å²) in [5, 5.41) is 0. The molecule has 0 saturated heterocycles. The van der Waals surface area contributed by atoms with Crippen molar-refractivity contribution in [3.63, 3.8) is 0 Å². The van der Waals surface area contributed by atoms with Gasteiger partial charge >= 0.3 is 0 Å². The zero-order valence-corrected chi connectivity index (χ0v) is 11.0. The van der Waals surface area contributed by atoms with Crippen molar-refractivity contribution in [2.24, 2.45) is 0 Å². The first kappa shape index (κ1) is 13.4. The summed E-state index contributed by atoms with van der Waals surface area (Å²) in [5.41, 5.74) is 6.34.